The molecule has 0 radical (unpaired) electrons. The summed E-state index contributed by atoms with van der Waals surface area (Å²) in [6.07, 6.45) is 1.82. The van der Waals surface area contributed by atoms with Gasteiger partial charge in [-0.3, -0.25) is 9.78 Å². The summed E-state index contributed by atoms with van der Waals surface area (Å²) in [5.74, 6) is 0. The Morgan fingerprint density at radius 1 is 1.22 bits per heavy atom. The van der Waals surface area contributed by atoms with Gasteiger partial charge in [0, 0.05) is 42.0 Å². The van der Waals surface area contributed by atoms with Crippen molar-refractivity contribution in [2.45, 2.75) is 13.8 Å². The number of hydrogen-bond donors (Lipinski definition) is 2. The summed E-state index contributed by atoms with van der Waals surface area (Å²) < 4.78 is 1.12. The number of carboxylic acid groups (broad SMARTS) is 1. The third-order valence-corrected chi connectivity index (χ3v) is 5.08. The lowest BCUT2D eigenvalue weighted by Gasteiger charge is -2.38. The third-order valence-electron chi connectivity index (χ3n) is 4.23. The number of piperazine rings is 1. The summed E-state index contributed by atoms with van der Waals surface area (Å²) >= 11 is 9.08. The number of nitrogens with zero attached hydrogens (tertiary/aromatic N) is 3. The van der Waals surface area contributed by atoms with Gasteiger partial charge in [0.2, 0.25) is 0 Å². The van der Waals surface area contributed by atoms with Crippen molar-refractivity contribution >= 4 is 51.1 Å². The molecule has 0 saturated carbocycles. The van der Waals surface area contributed by atoms with Crippen molar-refractivity contribution in [1.82, 2.24) is 9.88 Å². The maximum atomic E-state index is 8.36. The number of hydrogen-bond acceptors (Lipinski definition) is 4. The fourth-order valence-electron chi connectivity index (χ4n) is 2.87. The molecule has 0 atom stereocenters. The zero-order chi connectivity index (χ0) is 19.8. The highest BCUT2D eigenvalue weighted by Gasteiger charge is 2.20. The first-order chi connectivity index (χ1) is 12.9. The van der Waals surface area contributed by atoms with Crippen molar-refractivity contribution in [3.63, 3.8) is 0 Å². The fraction of sp³-hybridized carbons (Fsp3) is 0.316. The Morgan fingerprint density at radius 2 is 1.89 bits per heavy atom. The second-order valence-corrected chi connectivity index (χ2v) is 7.43. The molecule has 27 heavy (non-hydrogen) atoms. The summed E-state index contributed by atoms with van der Waals surface area (Å²) in [6.45, 7) is 7.66. The average molecular weight is 451 g/mol. The molecular weight excluding hydrogens is 428 g/mol. The third kappa shape index (κ3) is 6.18. The molecule has 1 aliphatic rings. The lowest BCUT2D eigenvalue weighted by Crippen LogP contribution is -2.50. The molecule has 1 aromatic carbocycles. The number of benzene rings is 1. The lowest BCUT2D eigenvalue weighted by atomic mass is 10.1. The molecule has 1 aliphatic heterocycles. The van der Waals surface area contributed by atoms with Crippen LogP contribution in [-0.4, -0.2) is 52.8 Å². The fourth-order valence-corrected chi connectivity index (χ4v) is 3.64. The van der Waals surface area contributed by atoms with Crippen molar-refractivity contribution in [3.05, 3.63) is 52.3 Å². The zero-order valence-corrected chi connectivity index (χ0v) is 17.8. The van der Waals surface area contributed by atoms with E-state index in [0.29, 0.717) is 0 Å². The number of aromatic nitrogens is 1. The molecule has 3 rings (SSSR count). The van der Waals surface area contributed by atoms with Gasteiger partial charge in [-0.15, -0.1) is 0 Å². The Bertz CT molecular complexity index is 778. The van der Waals surface area contributed by atoms with E-state index >= 15 is 0 Å². The topological polar surface area (TPSA) is 68.7 Å². The van der Waals surface area contributed by atoms with E-state index in [0.717, 1.165) is 47.1 Å². The van der Waals surface area contributed by atoms with Gasteiger partial charge in [0.1, 0.15) is 0 Å². The average Bonchev–Trinajstić information content (AvgIpc) is 2.64. The molecule has 1 fully saturated rings. The van der Waals surface area contributed by atoms with E-state index < -0.39 is 0 Å². The van der Waals surface area contributed by atoms with Gasteiger partial charge in [0.25, 0.3) is 6.47 Å². The van der Waals surface area contributed by atoms with Gasteiger partial charge in [-0.05, 0) is 62.0 Å². The van der Waals surface area contributed by atoms with E-state index in [2.05, 4.69) is 61.2 Å². The maximum absolute atomic E-state index is 8.36. The highest BCUT2D eigenvalue weighted by molar-refractivity contribution is 9.10. The Hall–Kier alpha value is -2.19. The van der Waals surface area contributed by atoms with Crippen molar-refractivity contribution in [2.24, 2.45) is 0 Å². The predicted octanol–water partition coefficient (Wildman–Crippen LogP) is 3.68. The standard InChI is InChI=1S/C18H21BrN4S.CH2O2/c1-13-11-15(19)4-6-17(13)22-7-9-23(10-8-22)18(24)21-16-5-3-14(2)20-12-16;2-1-3/h3-6,11-12H,7-10H2,1-2H3,(H,21,24);1H,(H,2,3). The molecule has 8 heteroatoms. The van der Waals surface area contributed by atoms with Crippen molar-refractivity contribution in [3.8, 4) is 0 Å². The predicted molar refractivity (Wildman–Crippen MR) is 117 cm³/mol. The summed E-state index contributed by atoms with van der Waals surface area (Å²) in [6, 6.07) is 10.4. The summed E-state index contributed by atoms with van der Waals surface area (Å²) in [4.78, 5) is 17.3. The van der Waals surface area contributed by atoms with Crippen LogP contribution in [0.2, 0.25) is 0 Å². The molecule has 2 N–H and O–H groups in total. The summed E-state index contributed by atoms with van der Waals surface area (Å²) in [5.41, 5.74) is 4.55. The van der Waals surface area contributed by atoms with Crippen LogP contribution < -0.4 is 10.2 Å². The Morgan fingerprint density at radius 3 is 2.44 bits per heavy atom. The molecule has 2 heterocycles. The van der Waals surface area contributed by atoms with Gasteiger partial charge < -0.3 is 20.2 Å². The molecule has 0 aliphatic carbocycles. The quantitative estimate of drug-likeness (QED) is 0.533. The van der Waals surface area contributed by atoms with Crippen LogP contribution in [0.1, 0.15) is 11.3 Å². The van der Waals surface area contributed by atoms with Crippen molar-refractivity contribution in [1.29, 1.82) is 0 Å². The maximum Gasteiger partial charge on any atom is 0.290 e. The van der Waals surface area contributed by atoms with E-state index in [-0.39, 0.29) is 6.47 Å². The van der Waals surface area contributed by atoms with E-state index in [1.807, 2.05) is 25.3 Å². The van der Waals surface area contributed by atoms with Crippen LogP contribution in [0.4, 0.5) is 11.4 Å². The van der Waals surface area contributed by atoms with Gasteiger partial charge in [-0.2, -0.15) is 0 Å². The van der Waals surface area contributed by atoms with Crippen molar-refractivity contribution < 1.29 is 9.90 Å². The Kier molecular flexibility index (Phi) is 7.99. The summed E-state index contributed by atoms with van der Waals surface area (Å²) in [5, 5.41) is 10.9. The van der Waals surface area contributed by atoms with Crippen LogP contribution in [0.15, 0.2) is 41.0 Å². The number of halogens is 1. The molecule has 6 nitrogen and oxygen atoms in total. The number of rotatable bonds is 2. The Balaban J connectivity index is 0.000000817. The van der Waals surface area contributed by atoms with Gasteiger partial charge in [-0.1, -0.05) is 15.9 Å². The molecular formula is C19H23BrN4O2S. The van der Waals surface area contributed by atoms with Crippen LogP contribution in [0.25, 0.3) is 0 Å². The smallest absolute Gasteiger partial charge is 0.290 e. The highest BCUT2D eigenvalue weighted by atomic mass is 79.9. The number of aryl methyl sites for hydroxylation is 2. The van der Waals surface area contributed by atoms with E-state index in [9.17, 15) is 0 Å². The second kappa shape index (κ2) is 10.2. The van der Waals surface area contributed by atoms with Gasteiger partial charge in [0.15, 0.2) is 5.11 Å². The molecule has 1 aromatic heterocycles. The first-order valence-electron chi connectivity index (χ1n) is 8.52. The number of nitrogens with one attached hydrogen (secondary N) is 1. The monoisotopic (exact) mass is 450 g/mol. The Labute approximate surface area is 173 Å². The molecule has 2 aromatic rings. The van der Waals surface area contributed by atoms with Gasteiger partial charge >= 0.3 is 0 Å². The minimum Gasteiger partial charge on any atom is -0.483 e. The first-order valence-corrected chi connectivity index (χ1v) is 9.72. The largest absolute Gasteiger partial charge is 0.483 e. The van der Waals surface area contributed by atoms with Crippen LogP contribution in [0, 0.1) is 13.8 Å². The number of thiocarbonyl (C=S) groups is 1. The highest BCUT2D eigenvalue weighted by Crippen LogP contribution is 2.25. The van der Waals surface area contributed by atoms with Crippen molar-refractivity contribution in [2.75, 3.05) is 36.4 Å². The molecule has 1 saturated heterocycles. The molecule has 144 valence electrons. The molecule has 0 amide bonds. The minimum atomic E-state index is -0.250. The van der Waals surface area contributed by atoms with Gasteiger partial charge in [-0.25, -0.2) is 0 Å². The number of carbonyl (C=O) groups is 1. The van der Waals surface area contributed by atoms with Crippen LogP contribution in [0.5, 0.6) is 0 Å². The SMILES string of the molecule is Cc1ccc(NC(=S)N2CCN(c3ccc(Br)cc3C)CC2)cn1.O=CO. The van der Waals surface area contributed by atoms with E-state index in [1.165, 1.54) is 11.3 Å². The zero-order valence-electron chi connectivity index (χ0n) is 15.4. The lowest BCUT2D eigenvalue weighted by molar-refractivity contribution is -0.122. The molecule has 0 bridgehead atoms. The van der Waals surface area contributed by atoms with E-state index in [4.69, 9.17) is 22.1 Å². The van der Waals surface area contributed by atoms with E-state index in [1.54, 1.807) is 0 Å². The number of anilines is 2. The summed E-state index contributed by atoms with van der Waals surface area (Å²) in [7, 11) is 0. The molecule has 0 unspecified atom stereocenters. The number of pyridine rings is 1. The van der Waals surface area contributed by atoms with Crippen LogP contribution in [0.3, 0.4) is 0 Å². The second-order valence-electron chi connectivity index (χ2n) is 6.13. The van der Waals surface area contributed by atoms with Crippen LogP contribution >= 0.6 is 28.1 Å². The molecule has 0 spiro atoms. The van der Waals surface area contributed by atoms with Gasteiger partial charge in [0.05, 0.1) is 11.9 Å². The minimum absolute atomic E-state index is 0.250. The first kappa shape index (κ1) is 21.1. The normalized spacial score (nSPS) is 13.4. The van der Waals surface area contributed by atoms with Crippen LogP contribution in [-0.2, 0) is 4.79 Å².